The van der Waals surface area contributed by atoms with E-state index in [1.807, 2.05) is 0 Å². The molecule has 1 saturated heterocycles. The highest BCUT2D eigenvalue weighted by Crippen LogP contribution is 2.36. The number of carbonyl (C=O) groups is 1. The van der Waals surface area contributed by atoms with Gasteiger partial charge in [0.2, 0.25) is 0 Å². The number of benzene rings is 1. The lowest BCUT2D eigenvalue weighted by Crippen LogP contribution is -2.42. The van der Waals surface area contributed by atoms with Crippen molar-refractivity contribution in [3.05, 3.63) is 65.5 Å². The van der Waals surface area contributed by atoms with Gasteiger partial charge < -0.3 is 9.64 Å². The number of rotatable bonds is 2. The highest BCUT2D eigenvalue weighted by atomic mass is 19.4. The minimum Gasteiger partial charge on any atom is -0.370 e. The molecule has 24 heavy (non-hydrogen) atoms. The van der Waals surface area contributed by atoms with E-state index >= 15 is 0 Å². The Morgan fingerprint density at radius 1 is 1.17 bits per heavy atom. The van der Waals surface area contributed by atoms with Gasteiger partial charge in [-0.15, -0.1) is 0 Å². The first-order valence-corrected chi connectivity index (χ1v) is 7.44. The van der Waals surface area contributed by atoms with Crippen LogP contribution in [0.15, 0.2) is 48.8 Å². The van der Waals surface area contributed by atoms with Crippen molar-refractivity contribution in [1.82, 2.24) is 9.88 Å². The fraction of sp³-hybridized carbons (Fsp3) is 0.294. The zero-order valence-electron chi connectivity index (χ0n) is 12.7. The van der Waals surface area contributed by atoms with Crippen LogP contribution in [-0.2, 0) is 10.9 Å². The minimum atomic E-state index is -4.46. The van der Waals surface area contributed by atoms with Gasteiger partial charge in [0.15, 0.2) is 0 Å². The molecule has 7 heteroatoms. The number of alkyl halides is 3. The number of halogens is 3. The molecule has 126 valence electrons. The summed E-state index contributed by atoms with van der Waals surface area (Å²) in [5.41, 5.74) is -0.222. The number of amides is 1. The summed E-state index contributed by atoms with van der Waals surface area (Å²) >= 11 is 0. The van der Waals surface area contributed by atoms with Gasteiger partial charge in [-0.05, 0) is 23.8 Å². The SMILES string of the molecule is O=C(c1ccncc1)N1CCO[C@H](c2ccccc2C(F)(F)F)C1. The monoisotopic (exact) mass is 336 g/mol. The van der Waals surface area contributed by atoms with E-state index in [-0.39, 0.29) is 24.6 Å². The average Bonchev–Trinajstić information content (AvgIpc) is 2.61. The second-order valence-corrected chi connectivity index (χ2v) is 5.43. The zero-order chi connectivity index (χ0) is 17.2. The highest BCUT2D eigenvalue weighted by Gasteiger charge is 2.37. The van der Waals surface area contributed by atoms with Crippen molar-refractivity contribution in [3.8, 4) is 0 Å². The molecule has 0 bridgehead atoms. The normalized spacial score (nSPS) is 18.5. The van der Waals surface area contributed by atoms with E-state index in [0.29, 0.717) is 12.1 Å². The van der Waals surface area contributed by atoms with Crippen LogP contribution in [-0.4, -0.2) is 35.5 Å². The van der Waals surface area contributed by atoms with Gasteiger partial charge in [-0.25, -0.2) is 0 Å². The van der Waals surface area contributed by atoms with Crippen LogP contribution >= 0.6 is 0 Å². The average molecular weight is 336 g/mol. The number of morpholine rings is 1. The molecule has 1 fully saturated rings. The molecule has 2 aromatic rings. The molecule has 3 rings (SSSR count). The molecule has 4 nitrogen and oxygen atoms in total. The van der Waals surface area contributed by atoms with Gasteiger partial charge in [0.25, 0.3) is 5.91 Å². The first-order chi connectivity index (χ1) is 11.5. The largest absolute Gasteiger partial charge is 0.416 e. The van der Waals surface area contributed by atoms with E-state index in [1.165, 1.54) is 35.5 Å². The van der Waals surface area contributed by atoms with Gasteiger partial charge in [0, 0.05) is 24.5 Å². The second-order valence-electron chi connectivity index (χ2n) is 5.43. The molecule has 1 amide bonds. The Kier molecular flexibility index (Phi) is 4.53. The summed E-state index contributed by atoms with van der Waals surface area (Å²) in [7, 11) is 0. The zero-order valence-corrected chi connectivity index (χ0v) is 12.7. The van der Waals surface area contributed by atoms with Crippen LogP contribution in [0.2, 0.25) is 0 Å². The number of pyridine rings is 1. The Morgan fingerprint density at radius 2 is 1.88 bits per heavy atom. The molecule has 0 N–H and O–H groups in total. The fourth-order valence-corrected chi connectivity index (χ4v) is 2.73. The molecule has 0 spiro atoms. The van der Waals surface area contributed by atoms with Gasteiger partial charge in [-0.2, -0.15) is 13.2 Å². The van der Waals surface area contributed by atoms with Gasteiger partial charge in [-0.3, -0.25) is 9.78 Å². The van der Waals surface area contributed by atoms with Gasteiger partial charge in [0.1, 0.15) is 6.10 Å². The molecule has 1 aromatic carbocycles. The quantitative estimate of drug-likeness (QED) is 0.845. The summed E-state index contributed by atoms with van der Waals surface area (Å²) in [6.45, 7) is 0.605. The van der Waals surface area contributed by atoms with Crippen molar-refractivity contribution in [2.45, 2.75) is 12.3 Å². The Morgan fingerprint density at radius 3 is 2.58 bits per heavy atom. The lowest BCUT2D eigenvalue weighted by molar-refractivity contribution is -0.140. The number of hydrogen-bond acceptors (Lipinski definition) is 3. The van der Waals surface area contributed by atoms with Crippen LogP contribution in [0, 0.1) is 0 Å². The summed E-state index contributed by atoms with van der Waals surface area (Å²) in [4.78, 5) is 17.8. The van der Waals surface area contributed by atoms with E-state index in [4.69, 9.17) is 4.74 Å². The van der Waals surface area contributed by atoms with E-state index in [1.54, 1.807) is 12.1 Å². The maximum Gasteiger partial charge on any atom is 0.416 e. The fourth-order valence-electron chi connectivity index (χ4n) is 2.73. The molecule has 1 aliphatic rings. The van der Waals surface area contributed by atoms with Crippen molar-refractivity contribution < 1.29 is 22.7 Å². The Balaban J connectivity index is 1.83. The molecule has 2 heterocycles. The molecule has 1 atom stereocenters. The molecule has 0 aliphatic carbocycles. The molecular weight excluding hydrogens is 321 g/mol. The Bertz CT molecular complexity index is 719. The lowest BCUT2D eigenvalue weighted by atomic mass is 10.0. The molecule has 1 aromatic heterocycles. The van der Waals surface area contributed by atoms with Crippen molar-refractivity contribution in [2.24, 2.45) is 0 Å². The van der Waals surface area contributed by atoms with Crippen LogP contribution in [0.3, 0.4) is 0 Å². The van der Waals surface area contributed by atoms with Crippen LogP contribution in [0.1, 0.15) is 27.6 Å². The summed E-state index contributed by atoms with van der Waals surface area (Å²) < 4.78 is 45.1. The summed E-state index contributed by atoms with van der Waals surface area (Å²) in [5.74, 6) is -0.241. The van der Waals surface area contributed by atoms with Crippen LogP contribution in [0.4, 0.5) is 13.2 Å². The molecule has 0 unspecified atom stereocenters. The van der Waals surface area contributed by atoms with Crippen molar-refractivity contribution in [2.75, 3.05) is 19.7 Å². The maximum atomic E-state index is 13.2. The Hall–Kier alpha value is -2.41. The number of nitrogens with zero attached hydrogens (tertiary/aromatic N) is 2. The maximum absolute atomic E-state index is 13.2. The van der Waals surface area contributed by atoms with Crippen molar-refractivity contribution in [3.63, 3.8) is 0 Å². The summed E-state index contributed by atoms with van der Waals surface area (Å²) in [6.07, 6.45) is -2.26. The number of carbonyl (C=O) groups excluding carboxylic acids is 1. The van der Waals surface area contributed by atoms with E-state index < -0.39 is 17.8 Å². The standard InChI is InChI=1S/C17H15F3N2O2/c18-17(19,20)14-4-2-1-3-13(14)15-11-22(9-10-24-15)16(23)12-5-7-21-8-6-12/h1-8,15H,9-11H2/t15-/m0/s1. The smallest absolute Gasteiger partial charge is 0.370 e. The van der Waals surface area contributed by atoms with E-state index in [9.17, 15) is 18.0 Å². The van der Waals surface area contributed by atoms with E-state index in [0.717, 1.165) is 6.07 Å². The first-order valence-electron chi connectivity index (χ1n) is 7.44. The molecule has 0 radical (unpaired) electrons. The molecular formula is C17H15F3N2O2. The van der Waals surface area contributed by atoms with Crippen LogP contribution in [0.5, 0.6) is 0 Å². The van der Waals surface area contributed by atoms with Crippen molar-refractivity contribution in [1.29, 1.82) is 0 Å². The topological polar surface area (TPSA) is 42.4 Å². The minimum absolute atomic E-state index is 0.0530. The second kappa shape index (κ2) is 6.60. The van der Waals surface area contributed by atoms with Gasteiger partial charge in [-0.1, -0.05) is 18.2 Å². The Labute approximate surface area is 136 Å². The predicted molar refractivity (Wildman–Crippen MR) is 80.3 cm³/mol. The number of hydrogen-bond donors (Lipinski definition) is 0. The number of ether oxygens (including phenoxy) is 1. The number of aromatic nitrogens is 1. The lowest BCUT2D eigenvalue weighted by Gasteiger charge is -2.34. The summed E-state index contributed by atoms with van der Waals surface area (Å²) in [6, 6.07) is 8.47. The summed E-state index contributed by atoms with van der Waals surface area (Å²) in [5, 5.41) is 0. The van der Waals surface area contributed by atoms with Gasteiger partial charge >= 0.3 is 6.18 Å². The van der Waals surface area contributed by atoms with Crippen molar-refractivity contribution >= 4 is 5.91 Å². The third kappa shape index (κ3) is 3.41. The van der Waals surface area contributed by atoms with Gasteiger partial charge in [0.05, 0.1) is 18.7 Å². The third-order valence-electron chi connectivity index (χ3n) is 3.89. The van der Waals surface area contributed by atoms with Crippen LogP contribution in [0.25, 0.3) is 0 Å². The molecule has 1 aliphatic heterocycles. The molecule has 0 saturated carbocycles. The van der Waals surface area contributed by atoms with Crippen LogP contribution < -0.4 is 0 Å². The van der Waals surface area contributed by atoms with E-state index in [2.05, 4.69) is 4.98 Å². The third-order valence-corrected chi connectivity index (χ3v) is 3.89. The highest BCUT2D eigenvalue weighted by molar-refractivity contribution is 5.94. The predicted octanol–water partition coefficient (Wildman–Crippen LogP) is 3.31. The first kappa shape index (κ1) is 16.4.